The normalized spacial score (nSPS) is 10.6. The van der Waals surface area contributed by atoms with Crippen LogP contribution in [0.3, 0.4) is 0 Å². The van der Waals surface area contributed by atoms with Crippen molar-refractivity contribution in [1.82, 2.24) is 20.4 Å². The molecular weight excluding hydrogens is 264 g/mol. The average Bonchev–Trinajstić information content (AvgIpc) is 2.93. The lowest BCUT2D eigenvalue weighted by atomic mass is 10.2. The Morgan fingerprint density at radius 3 is 2.52 bits per heavy atom. The second-order valence-electron chi connectivity index (χ2n) is 4.95. The second kappa shape index (κ2) is 7.59. The molecule has 0 unspecified atom stereocenters. The predicted octanol–water partition coefficient (Wildman–Crippen LogP) is 1.91. The van der Waals surface area contributed by atoms with E-state index in [4.69, 9.17) is 0 Å². The fraction of sp³-hybridized carbons (Fsp3) is 0.375. The maximum atomic E-state index is 12.0. The molecule has 1 amide bonds. The van der Waals surface area contributed by atoms with Crippen LogP contribution in [-0.4, -0.2) is 35.3 Å². The molecule has 1 heterocycles. The van der Waals surface area contributed by atoms with E-state index in [9.17, 15) is 4.79 Å². The zero-order chi connectivity index (χ0) is 15.1. The second-order valence-corrected chi connectivity index (χ2v) is 4.95. The quantitative estimate of drug-likeness (QED) is 0.764. The fourth-order valence-electron chi connectivity index (χ4n) is 1.99. The Hall–Kier alpha value is -2.14. The lowest BCUT2D eigenvalue weighted by molar-refractivity contribution is 0.0954. The summed E-state index contributed by atoms with van der Waals surface area (Å²) in [5.74, 6) is -0.0449. The number of rotatable bonds is 7. The minimum Gasteiger partial charge on any atom is -0.351 e. The molecule has 1 aromatic heterocycles. The van der Waals surface area contributed by atoms with Gasteiger partial charge in [-0.15, -0.1) is 0 Å². The predicted molar refractivity (Wildman–Crippen MR) is 83.8 cm³/mol. The van der Waals surface area contributed by atoms with Gasteiger partial charge in [0.15, 0.2) is 0 Å². The number of aryl methyl sites for hydroxylation is 1. The van der Waals surface area contributed by atoms with Crippen LogP contribution in [0.4, 0.5) is 0 Å². The van der Waals surface area contributed by atoms with Gasteiger partial charge in [-0.3, -0.25) is 4.79 Å². The summed E-state index contributed by atoms with van der Waals surface area (Å²) in [5, 5.41) is 10.5. The largest absolute Gasteiger partial charge is 0.351 e. The highest BCUT2D eigenvalue weighted by Gasteiger charge is 2.05. The van der Waals surface area contributed by atoms with Crippen LogP contribution in [0.25, 0.3) is 5.69 Å². The summed E-state index contributed by atoms with van der Waals surface area (Å²) in [6.07, 6.45) is 3.01. The SMILES string of the molecule is CCCNCCNC(=O)c1ccc(-n2ccc(C)n2)cc1. The number of hydrogen-bond donors (Lipinski definition) is 2. The molecule has 5 heteroatoms. The first kappa shape index (κ1) is 15.3. The smallest absolute Gasteiger partial charge is 0.251 e. The Bertz CT molecular complexity index is 574. The monoisotopic (exact) mass is 286 g/mol. The number of nitrogens with one attached hydrogen (secondary N) is 2. The third-order valence-electron chi connectivity index (χ3n) is 3.13. The van der Waals surface area contributed by atoms with Gasteiger partial charge in [0.2, 0.25) is 0 Å². The molecule has 0 bridgehead atoms. The van der Waals surface area contributed by atoms with Crippen LogP contribution in [0.5, 0.6) is 0 Å². The van der Waals surface area contributed by atoms with Crippen molar-refractivity contribution < 1.29 is 4.79 Å². The topological polar surface area (TPSA) is 58.9 Å². The van der Waals surface area contributed by atoms with Gasteiger partial charge in [-0.1, -0.05) is 6.92 Å². The van der Waals surface area contributed by atoms with Crippen molar-refractivity contribution in [3.63, 3.8) is 0 Å². The van der Waals surface area contributed by atoms with Crippen molar-refractivity contribution in [2.75, 3.05) is 19.6 Å². The number of aromatic nitrogens is 2. The van der Waals surface area contributed by atoms with E-state index in [0.29, 0.717) is 12.1 Å². The number of nitrogens with zero attached hydrogens (tertiary/aromatic N) is 2. The summed E-state index contributed by atoms with van der Waals surface area (Å²) < 4.78 is 1.80. The van der Waals surface area contributed by atoms with Gasteiger partial charge >= 0.3 is 0 Å². The van der Waals surface area contributed by atoms with Gasteiger partial charge in [-0.05, 0) is 50.2 Å². The first-order valence-corrected chi connectivity index (χ1v) is 7.32. The van der Waals surface area contributed by atoms with Crippen LogP contribution < -0.4 is 10.6 Å². The number of carbonyl (C=O) groups is 1. The van der Waals surface area contributed by atoms with Crippen molar-refractivity contribution in [1.29, 1.82) is 0 Å². The van der Waals surface area contributed by atoms with Crippen LogP contribution in [0.1, 0.15) is 29.4 Å². The van der Waals surface area contributed by atoms with Crippen LogP contribution in [-0.2, 0) is 0 Å². The van der Waals surface area contributed by atoms with Crippen molar-refractivity contribution in [3.8, 4) is 5.69 Å². The number of amides is 1. The molecule has 0 atom stereocenters. The summed E-state index contributed by atoms with van der Waals surface area (Å²) >= 11 is 0. The van der Waals surface area contributed by atoms with Gasteiger partial charge in [0.05, 0.1) is 11.4 Å². The molecule has 112 valence electrons. The van der Waals surface area contributed by atoms with Gasteiger partial charge in [-0.2, -0.15) is 5.10 Å². The van der Waals surface area contributed by atoms with E-state index in [1.807, 2.05) is 43.5 Å². The summed E-state index contributed by atoms with van der Waals surface area (Å²) in [7, 11) is 0. The van der Waals surface area contributed by atoms with E-state index in [1.165, 1.54) is 0 Å². The van der Waals surface area contributed by atoms with E-state index in [1.54, 1.807) is 4.68 Å². The molecule has 0 aliphatic carbocycles. The summed E-state index contributed by atoms with van der Waals surface area (Å²) in [5.41, 5.74) is 2.58. The van der Waals surface area contributed by atoms with Crippen molar-refractivity contribution in [2.45, 2.75) is 20.3 Å². The van der Waals surface area contributed by atoms with E-state index < -0.39 is 0 Å². The molecule has 0 radical (unpaired) electrons. The zero-order valence-corrected chi connectivity index (χ0v) is 12.6. The van der Waals surface area contributed by atoms with E-state index in [0.717, 1.165) is 30.9 Å². The van der Waals surface area contributed by atoms with Crippen LogP contribution in [0.15, 0.2) is 36.5 Å². The molecule has 0 saturated heterocycles. The number of carbonyl (C=O) groups excluding carboxylic acids is 1. The molecular formula is C16H22N4O. The molecule has 5 nitrogen and oxygen atoms in total. The van der Waals surface area contributed by atoms with Crippen molar-refractivity contribution >= 4 is 5.91 Å². The van der Waals surface area contributed by atoms with Crippen LogP contribution in [0.2, 0.25) is 0 Å². The third-order valence-corrected chi connectivity index (χ3v) is 3.13. The fourth-order valence-corrected chi connectivity index (χ4v) is 1.99. The molecule has 2 rings (SSSR count). The highest BCUT2D eigenvalue weighted by molar-refractivity contribution is 5.94. The van der Waals surface area contributed by atoms with Gasteiger partial charge in [0, 0.05) is 24.8 Å². The Morgan fingerprint density at radius 1 is 1.14 bits per heavy atom. The lowest BCUT2D eigenvalue weighted by Crippen LogP contribution is -2.32. The van der Waals surface area contributed by atoms with Gasteiger partial charge in [-0.25, -0.2) is 4.68 Å². The average molecular weight is 286 g/mol. The maximum absolute atomic E-state index is 12.0. The minimum atomic E-state index is -0.0449. The Balaban J connectivity index is 1.88. The van der Waals surface area contributed by atoms with Gasteiger partial charge in [0.25, 0.3) is 5.91 Å². The van der Waals surface area contributed by atoms with Crippen LogP contribution in [0, 0.1) is 6.92 Å². The highest BCUT2D eigenvalue weighted by Crippen LogP contribution is 2.09. The maximum Gasteiger partial charge on any atom is 0.251 e. The lowest BCUT2D eigenvalue weighted by Gasteiger charge is -2.07. The highest BCUT2D eigenvalue weighted by atomic mass is 16.1. The molecule has 0 fully saturated rings. The first-order valence-electron chi connectivity index (χ1n) is 7.32. The summed E-state index contributed by atoms with van der Waals surface area (Å²) in [4.78, 5) is 12.0. The molecule has 21 heavy (non-hydrogen) atoms. The van der Waals surface area contributed by atoms with Gasteiger partial charge in [0.1, 0.15) is 0 Å². The molecule has 1 aromatic carbocycles. The van der Waals surface area contributed by atoms with Crippen molar-refractivity contribution in [3.05, 3.63) is 47.8 Å². The van der Waals surface area contributed by atoms with E-state index >= 15 is 0 Å². The molecule has 2 aromatic rings. The molecule has 2 N–H and O–H groups in total. The molecule has 0 spiro atoms. The molecule has 0 saturated carbocycles. The van der Waals surface area contributed by atoms with Crippen molar-refractivity contribution in [2.24, 2.45) is 0 Å². The van der Waals surface area contributed by atoms with E-state index in [2.05, 4.69) is 22.7 Å². The zero-order valence-electron chi connectivity index (χ0n) is 12.6. The number of hydrogen-bond acceptors (Lipinski definition) is 3. The third kappa shape index (κ3) is 4.43. The minimum absolute atomic E-state index is 0.0449. The Labute approximate surface area is 125 Å². The van der Waals surface area contributed by atoms with Crippen LogP contribution >= 0.6 is 0 Å². The summed E-state index contributed by atoms with van der Waals surface area (Å²) in [6.45, 7) is 6.48. The summed E-state index contributed by atoms with van der Waals surface area (Å²) in [6, 6.07) is 9.39. The van der Waals surface area contributed by atoms with E-state index in [-0.39, 0.29) is 5.91 Å². The first-order chi connectivity index (χ1) is 10.2. The number of benzene rings is 1. The molecule has 0 aliphatic heterocycles. The standard InChI is InChI=1S/C16H22N4O/c1-3-9-17-10-11-18-16(21)14-4-6-15(7-5-14)20-12-8-13(2)19-20/h4-8,12,17H,3,9-11H2,1-2H3,(H,18,21). The molecule has 0 aliphatic rings. The Morgan fingerprint density at radius 2 is 1.90 bits per heavy atom. The van der Waals surface area contributed by atoms with Gasteiger partial charge < -0.3 is 10.6 Å². The Kier molecular flexibility index (Phi) is 5.51.